The topological polar surface area (TPSA) is 43.4 Å². The van der Waals surface area contributed by atoms with Crippen LogP contribution < -0.4 is 0 Å². The van der Waals surface area contributed by atoms with Crippen molar-refractivity contribution in [1.82, 2.24) is 0 Å². The summed E-state index contributed by atoms with van der Waals surface area (Å²) in [5, 5.41) is 0. The summed E-state index contributed by atoms with van der Waals surface area (Å²) in [6.07, 6.45) is 3.26. The van der Waals surface area contributed by atoms with Crippen LogP contribution in [0.1, 0.15) is 46.5 Å². The number of carbonyl (C=O) groups excluding carboxylic acids is 2. The highest BCUT2D eigenvalue weighted by atomic mass is 16.6. The minimum Gasteiger partial charge on any atom is -0.393 e. The molecule has 0 N–H and O–H groups in total. The Morgan fingerprint density at radius 3 is 2.47 bits per heavy atom. The van der Waals surface area contributed by atoms with Gasteiger partial charge in [0.25, 0.3) is 0 Å². The molecule has 0 spiro atoms. The first-order valence-electron chi connectivity index (χ1n) is 5.47. The van der Waals surface area contributed by atoms with E-state index in [2.05, 4.69) is 11.7 Å². The van der Waals surface area contributed by atoms with Crippen LogP contribution in [0.3, 0.4) is 0 Å². The lowest BCUT2D eigenvalue weighted by molar-refractivity contribution is -0.152. The molecular formula is C12H18O3. The third-order valence-electron chi connectivity index (χ3n) is 2.73. The Morgan fingerprint density at radius 1 is 1.40 bits per heavy atom. The first-order valence-corrected chi connectivity index (χ1v) is 5.47. The Morgan fingerprint density at radius 2 is 2.07 bits per heavy atom. The van der Waals surface area contributed by atoms with Crippen molar-refractivity contribution in [2.75, 3.05) is 0 Å². The van der Waals surface area contributed by atoms with Gasteiger partial charge in [-0.25, -0.2) is 0 Å². The zero-order valence-corrected chi connectivity index (χ0v) is 9.63. The largest absolute Gasteiger partial charge is 0.393 e. The first-order chi connectivity index (χ1) is 7.06. The average molecular weight is 210 g/mol. The first kappa shape index (κ1) is 12.0. The van der Waals surface area contributed by atoms with Gasteiger partial charge in [0.05, 0.1) is 12.3 Å². The Kier molecular flexibility index (Phi) is 4.06. The molecule has 1 saturated heterocycles. The van der Waals surface area contributed by atoms with Crippen LogP contribution in [0.2, 0.25) is 0 Å². The molecule has 1 atom stereocenters. The Hall–Kier alpha value is -1.12. The maximum Gasteiger partial charge on any atom is 0.321 e. The van der Waals surface area contributed by atoms with Crippen LogP contribution in [0.4, 0.5) is 0 Å². The molecule has 1 aliphatic rings. The van der Waals surface area contributed by atoms with E-state index in [4.69, 9.17) is 0 Å². The minimum absolute atomic E-state index is 0.225. The van der Waals surface area contributed by atoms with Crippen molar-refractivity contribution in [2.24, 2.45) is 5.92 Å². The maximum absolute atomic E-state index is 11.4. The van der Waals surface area contributed by atoms with Crippen LogP contribution >= 0.6 is 0 Å². The molecule has 84 valence electrons. The average Bonchev–Trinajstić information content (AvgIpc) is 2.46. The third kappa shape index (κ3) is 2.91. The zero-order chi connectivity index (χ0) is 11.4. The van der Waals surface area contributed by atoms with Gasteiger partial charge in [-0.1, -0.05) is 24.5 Å². The Balaban J connectivity index is 2.77. The third-order valence-corrected chi connectivity index (χ3v) is 2.73. The standard InChI is InChI=1S/C12H18O3/c1-4-5-6-9(8(2)3)10-7-11(13)15-12(10)14/h10H,4-7H2,1-3H3. The number of cyclic esters (lactones) is 2. The molecule has 1 rings (SSSR count). The van der Waals surface area contributed by atoms with Gasteiger partial charge in [0.1, 0.15) is 0 Å². The fraction of sp³-hybridized carbons (Fsp3) is 0.667. The van der Waals surface area contributed by atoms with Crippen molar-refractivity contribution >= 4 is 11.9 Å². The van der Waals surface area contributed by atoms with E-state index in [9.17, 15) is 9.59 Å². The Bertz CT molecular complexity index is 298. The highest BCUT2D eigenvalue weighted by Gasteiger charge is 2.35. The van der Waals surface area contributed by atoms with Gasteiger partial charge in [0.2, 0.25) is 0 Å². The van der Waals surface area contributed by atoms with Gasteiger partial charge in [-0.05, 0) is 26.7 Å². The van der Waals surface area contributed by atoms with E-state index < -0.39 is 0 Å². The Labute approximate surface area is 90.5 Å². The molecule has 1 aliphatic heterocycles. The molecule has 3 nitrogen and oxygen atoms in total. The van der Waals surface area contributed by atoms with Crippen LogP contribution in [-0.4, -0.2) is 11.9 Å². The molecule has 0 amide bonds. The van der Waals surface area contributed by atoms with Crippen molar-refractivity contribution in [1.29, 1.82) is 0 Å². The number of esters is 2. The van der Waals surface area contributed by atoms with E-state index in [0.29, 0.717) is 0 Å². The number of hydrogen-bond donors (Lipinski definition) is 0. The van der Waals surface area contributed by atoms with E-state index in [1.165, 1.54) is 0 Å². The molecule has 1 unspecified atom stereocenters. The molecule has 0 aromatic rings. The van der Waals surface area contributed by atoms with E-state index in [0.717, 1.165) is 30.4 Å². The lowest BCUT2D eigenvalue weighted by Gasteiger charge is -2.12. The molecule has 0 radical (unpaired) electrons. The molecule has 0 aliphatic carbocycles. The molecule has 1 heterocycles. The van der Waals surface area contributed by atoms with E-state index >= 15 is 0 Å². The van der Waals surface area contributed by atoms with Gasteiger partial charge in [0, 0.05) is 0 Å². The van der Waals surface area contributed by atoms with Crippen molar-refractivity contribution in [3.63, 3.8) is 0 Å². The van der Waals surface area contributed by atoms with Gasteiger partial charge in [0.15, 0.2) is 0 Å². The zero-order valence-electron chi connectivity index (χ0n) is 9.63. The van der Waals surface area contributed by atoms with Gasteiger partial charge in [-0.15, -0.1) is 0 Å². The molecule has 1 fully saturated rings. The summed E-state index contributed by atoms with van der Waals surface area (Å²) in [5.74, 6) is -1.07. The maximum atomic E-state index is 11.4. The predicted octanol–water partition coefficient (Wildman–Crippen LogP) is 2.60. The lowest BCUT2D eigenvalue weighted by Crippen LogP contribution is -2.12. The number of allylic oxidation sites excluding steroid dienone is 1. The van der Waals surface area contributed by atoms with Crippen LogP contribution in [-0.2, 0) is 14.3 Å². The lowest BCUT2D eigenvalue weighted by atomic mass is 9.90. The second kappa shape index (κ2) is 5.10. The summed E-state index contributed by atoms with van der Waals surface area (Å²) >= 11 is 0. The number of carbonyl (C=O) groups is 2. The summed E-state index contributed by atoms with van der Waals surface area (Å²) in [6.45, 7) is 6.09. The summed E-state index contributed by atoms with van der Waals surface area (Å²) in [6, 6.07) is 0. The number of unbranched alkanes of at least 4 members (excludes halogenated alkanes) is 1. The molecule has 0 aromatic carbocycles. The fourth-order valence-corrected chi connectivity index (χ4v) is 1.88. The van der Waals surface area contributed by atoms with Crippen LogP contribution in [0.25, 0.3) is 0 Å². The van der Waals surface area contributed by atoms with Crippen LogP contribution in [0.5, 0.6) is 0 Å². The van der Waals surface area contributed by atoms with Gasteiger partial charge in [-0.3, -0.25) is 9.59 Å². The summed E-state index contributed by atoms with van der Waals surface area (Å²) in [7, 11) is 0. The summed E-state index contributed by atoms with van der Waals surface area (Å²) in [4.78, 5) is 22.4. The van der Waals surface area contributed by atoms with E-state index in [1.54, 1.807) is 0 Å². The van der Waals surface area contributed by atoms with E-state index in [1.807, 2.05) is 13.8 Å². The van der Waals surface area contributed by atoms with Crippen molar-refractivity contribution < 1.29 is 14.3 Å². The fourth-order valence-electron chi connectivity index (χ4n) is 1.88. The van der Waals surface area contributed by atoms with Gasteiger partial charge in [-0.2, -0.15) is 0 Å². The smallest absolute Gasteiger partial charge is 0.321 e. The SMILES string of the molecule is CCCCC(=C(C)C)C1CC(=O)OC1=O. The minimum atomic E-state index is -0.389. The predicted molar refractivity (Wildman–Crippen MR) is 57.1 cm³/mol. The molecule has 0 saturated carbocycles. The normalized spacial score (nSPS) is 20.3. The van der Waals surface area contributed by atoms with Crippen molar-refractivity contribution in [3.05, 3.63) is 11.1 Å². The monoisotopic (exact) mass is 210 g/mol. The highest BCUT2D eigenvalue weighted by molar-refractivity contribution is 5.96. The van der Waals surface area contributed by atoms with Gasteiger partial charge < -0.3 is 4.74 Å². The molecular weight excluding hydrogens is 192 g/mol. The number of rotatable bonds is 4. The van der Waals surface area contributed by atoms with Gasteiger partial charge >= 0.3 is 11.9 Å². The summed E-state index contributed by atoms with van der Waals surface area (Å²) in [5.41, 5.74) is 2.23. The van der Waals surface area contributed by atoms with E-state index in [-0.39, 0.29) is 24.3 Å². The highest BCUT2D eigenvalue weighted by Crippen LogP contribution is 2.29. The molecule has 0 bridgehead atoms. The van der Waals surface area contributed by atoms with Crippen LogP contribution in [0, 0.1) is 5.92 Å². The second-order valence-corrected chi connectivity index (χ2v) is 4.18. The molecule has 15 heavy (non-hydrogen) atoms. The summed E-state index contributed by atoms with van der Waals surface area (Å²) < 4.78 is 4.57. The quantitative estimate of drug-likeness (QED) is 0.407. The van der Waals surface area contributed by atoms with Crippen molar-refractivity contribution in [2.45, 2.75) is 46.5 Å². The van der Waals surface area contributed by atoms with Crippen molar-refractivity contribution in [3.8, 4) is 0 Å². The second-order valence-electron chi connectivity index (χ2n) is 4.18. The molecule has 0 aromatic heterocycles. The molecule has 3 heteroatoms. The number of ether oxygens (including phenoxy) is 1. The van der Waals surface area contributed by atoms with Crippen LogP contribution in [0.15, 0.2) is 11.1 Å². The number of hydrogen-bond acceptors (Lipinski definition) is 3.